The van der Waals surface area contributed by atoms with Crippen molar-refractivity contribution in [1.82, 2.24) is 4.72 Å². The van der Waals surface area contributed by atoms with Crippen molar-refractivity contribution in [3.63, 3.8) is 0 Å². The van der Waals surface area contributed by atoms with Gasteiger partial charge in [-0.1, -0.05) is 6.92 Å². The average molecular weight is 203 g/mol. The topological polar surface area (TPSA) is 63.2 Å². The van der Waals surface area contributed by atoms with E-state index in [1.165, 1.54) is 0 Å². The van der Waals surface area contributed by atoms with E-state index in [0.717, 1.165) is 25.5 Å². The van der Waals surface area contributed by atoms with Crippen LogP contribution in [-0.2, 0) is 14.8 Å². The van der Waals surface area contributed by atoms with Gasteiger partial charge in [-0.25, -0.2) is 8.42 Å². The predicted molar refractivity (Wildman–Crippen MR) is 47.4 cm³/mol. The lowest BCUT2D eigenvalue weighted by atomic mass is 9.36. The fourth-order valence-corrected chi connectivity index (χ4v) is 3.37. The Hall–Kier alpha value is -0.580. The largest absolute Gasteiger partial charge is 0.273 e. The molecule has 3 rings (SSSR count). The van der Waals surface area contributed by atoms with Crippen molar-refractivity contribution in [3.05, 3.63) is 0 Å². The Labute approximate surface area is 77.8 Å². The minimum atomic E-state index is -3.38. The number of nitrogens with one attached hydrogen (secondary N) is 1. The molecule has 0 saturated heterocycles. The Morgan fingerprint density at radius 2 is 1.77 bits per heavy atom. The Bertz CT molecular complexity index is 351. The van der Waals surface area contributed by atoms with Gasteiger partial charge in [-0.2, -0.15) is 0 Å². The Kier molecular flexibility index (Phi) is 1.44. The second kappa shape index (κ2) is 2.08. The molecule has 0 atom stereocenters. The summed E-state index contributed by atoms with van der Waals surface area (Å²) < 4.78 is 23.6. The average Bonchev–Trinajstić information content (AvgIpc) is 1.73. The molecular formula is C8H13NO3S. The van der Waals surface area contributed by atoms with Crippen LogP contribution < -0.4 is 4.72 Å². The smallest absolute Gasteiger partial charge is 0.239 e. The molecule has 0 aromatic carbocycles. The summed E-state index contributed by atoms with van der Waals surface area (Å²) in [7, 11) is -3.38. The van der Waals surface area contributed by atoms with Crippen LogP contribution in [0.3, 0.4) is 0 Å². The number of carbonyl (C=O) groups excluding carboxylic acids is 1. The Balaban J connectivity index is 2.02. The van der Waals surface area contributed by atoms with Gasteiger partial charge < -0.3 is 0 Å². The molecule has 0 heterocycles. The van der Waals surface area contributed by atoms with E-state index >= 15 is 0 Å². The van der Waals surface area contributed by atoms with Gasteiger partial charge in [-0.05, 0) is 24.7 Å². The van der Waals surface area contributed by atoms with Crippen LogP contribution in [0.1, 0.15) is 26.2 Å². The Morgan fingerprint density at radius 3 is 2.08 bits per heavy atom. The van der Waals surface area contributed by atoms with Crippen LogP contribution in [0.15, 0.2) is 0 Å². The minimum absolute atomic E-state index is 0.307. The zero-order chi connectivity index (χ0) is 9.91. The molecular weight excluding hydrogens is 190 g/mol. The van der Waals surface area contributed by atoms with Gasteiger partial charge in [-0.3, -0.25) is 9.52 Å². The molecule has 0 radical (unpaired) electrons. The highest BCUT2D eigenvalue weighted by Gasteiger charge is 2.69. The molecule has 0 aromatic rings. The minimum Gasteiger partial charge on any atom is -0.273 e. The number of carbonyl (C=O) groups is 1. The molecule has 0 unspecified atom stereocenters. The highest BCUT2D eigenvalue weighted by molar-refractivity contribution is 7.89. The van der Waals surface area contributed by atoms with Gasteiger partial charge in [0, 0.05) is 0 Å². The quantitative estimate of drug-likeness (QED) is 0.700. The van der Waals surface area contributed by atoms with Crippen LogP contribution in [0.4, 0.5) is 0 Å². The molecule has 5 heteroatoms. The summed E-state index contributed by atoms with van der Waals surface area (Å²) in [5.74, 6) is -0.307. The molecule has 1 N–H and O–H groups in total. The molecule has 3 aliphatic rings. The number of sulfonamides is 1. The predicted octanol–water partition coefficient (Wildman–Crippen LogP) is 0.252. The third-order valence-corrected chi connectivity index (χ3v) is 3.61. The fraction of sp³-hybridized carbons (Fsp3) is 0.875. The molecule has 13 heavy (non-hydrogen) atoms. The van der Waals surface area contributed by atoms with Crippen LogP contribution in [0, 0.1) is 10.8 Å². The van der Waals surface area contributed by atoms with E-state index in [0.29, 0.717) is 5.41 Å². The first-order valence-electron chi connectivity index (χ1n) is 4.27. The van der Waals surface area contributed by atoms with Crippen molar-refractivity contribution in [1.29, 1.82) is 0 Å². The first-order chi connectivity index (χ1) is 5.75. The SMILES string of the molecule is CC12CC(C(=O)NS(C)(=O)=O)(C1)C2. The molecule has 3 aliphatic carbocycles. The van der Waals surface area contributed by atoms with Crippen molar-refractivity contribution >= 4 is 15.9 Å². The summed E-state index contributed by atoms with van der Waals surface area (Å²) in [6.45, 7) is 2.13. The molecule has 0 aliphatic heterocycles. The zero-order valence-electron chi connectivity index (χ0n) is 7.75. The lowest BCUT2D eigenvalue weighted by molar-refractivity contribution is -0.197. The highest BCUT2D eigenvalue weighted by atomic mass is 32.2. The van der Waals surface area contributed by atoms with Gasteiger partial charge in [0.2, 0.25) is 15.9 Å². The van der Waals surface area contributed by atoms with Gasteiger partial charge in [0.25, 0.3) is 0 Å². The summed E-state index contributed by atoms with van der Waals surface area (Å²) in [6.07, 6.45) is 3.56. The van der Waals surface area contributed by atoms with E-state index in [1.54, 1.807) is 0 Å². The molecule has 0 aromatic heterocycles. The van der Waals surface area contributed by atoms with Crippen LogP contribution >= 0.6 is 0 Å². The summed E-state index contributed by atoms with van der Waals surface area (Å²) >= 11 is 0. The van der Waals surface area contributed by atoms with Crippen molar-refractivity contribution < 1.29 is 13.2 Å². The second-order valence-electron chi connectivity index (χ2n) is 4.82. The van der Waals surface area contributed by atoms with Gasteiger partial charge >= 0.3 is 0 Å². The maximum absolute atomic E-state index is 11.5. The summed E-state index contributed by atoms with van der Waals surface area (Å²) in [5, 5.41) is 0. The number of rotatable bonds is 2. The second-order valence-corrected chi connectivity index (χ2v) is 6.57. The van der Waals surface area contributed by atoms with Gasteiger partial charge in [0.05, 0.1) is 11.7 Å². The van der Waals surface area contributed by atoms with Crippen LogP contribution in [0.2, 0.25) is 0 Å². The van der Waals surface area contributed by atoms with Crippen LogP contribution in [-0.4, -0.2) is 20.6 Å². The molecule has 3 fully saturated rings. The van der Waals surface area contributed by atoms with Crippen molar-refractivity contribution in [2.24, 2.45) is 10.8 Å². The summed E-state index contributed by atoms with van der Waals surface area (Å²) in [6, 6.07) is 0. The Morgan fingerprint density at radius 1 is 1.31 bits per heavy atom. The van der Waals surface area contributed by atoms with E-state index in [1.807, 2.05) is 0 Å². The first-order valence-corrected chi connectivity index (χ1v) is 6.16. The zero-order valence-corrected chi connectivity index (χ0v) is 8.57. The lowest BCUT2D eigenvalue weighted by Gasteiger charge is -2.68. The first kappa shape index (κ1) is 8.99. The van der Waals surface area contributed by atoms with E-state index < -0.39 is 10.0 Å². The maximum Gasteiger partial charge on any atom is 0.239 e. The monoisotopic (exact) mass is 203 g/mol. The van der Waals surface area contributed by atoms with E-state index in [-0.39, 0.29) is 11.3 Å². The third kappa shape index (κ3) is 1.25. The van der Waals surface area contributed by atoms with E-state index in [9.17, 15) is 13.2 Å². The molecule has 4 nitrogen and oxygen atoms in total. The van der Waals surface area contributed by atoms with E-state index in [2.05, 4.69) is 11.6 Å². The van der Waals surface area contributed by atoms with Crippen LogP contribution in [0.5, 0.6) is 0 Å². The number of hydrogen-bond donors (Lipinski definition) is 1. The van der Waals surface area contributed by atoms with Crippen molar-refractivity contribution in [2.45, 2.75) is 26.2 Å². The van der Waals surface area contributed by atoms with Crippen molar-refractivity contribution in [3.8, 4) is 0 Å². The maximum atomic E-state index is 11.5. The number of hydrogen-bond acceptors (Lipinski definition) is 3. The fourth-order valence-electron chi connectivity index (χ4n) is 2.81. The normalized spacial score (nSPS) is 41.7. The highest BCUT2D eigenvalue weighted by Crippen LogP contribution is 2.73. The summed E-state index contributed by atoms with van der Waals surface area (Å²) in [4.78, 5) is 11.5. The standard InChI is InChI=1S/C8H13NO3S/c1-7-3-8(4-7,5-7)6(10)9-13(2,11)12/h3-5H2,1-2H3,(H,9,10). The van der Waals surface area contributed by atoms with Gasteiger partial charge in [-0.15, -0.1) is 0 Å². The molecule has 2 bridgehead atoms. The van der Waals surface area contributed by atoms with Crippen LogP contribution in [0.25, 0.3) is 0 Å². The lowest BCUT2D eigenvalue weighted by Crippen LogP contribution is -2.66. The molecule has 3 saturated carbocycles. The summed E-state index contributed by atoms with van der Waals surface area (Å²) in [5.41, 5.74) is -0.00727. The molecule has 1 amide bonds. The van der Waals surface area contributed by atoms with Crippen molar-refractivity contribution in [2.75, 3.05) is 6.26 Å². The number of amides is 1. The molecule has 0 spiro atoms. The van der Waals surface area contributed by atoms with Gasteiger partial charge in [0.1, 0.15) is 0 Å². The van der Waals surface area contributed by atoms with E-state index in [4.69, 9.17) is 0 Å². The third-order valence-electron chi connectivity index (χ3n) is 3.06. The molecule has 74 valence electrons. The van der Waals surface area contributed by atoms with Gasteiger partial charge in [0.15, 0.2) is 0 Å².